The highest BCUT2D eigenvalue weighted by molar-refractivity contribution is 9.10. The van der Waals surface area contributed by atoms with E-state index >= 15 is 0 Å². The van der Waals surface area contributed by atoms with Gasteiger partial charge in [0.1, 0.15) is 11.9 Å². The van der Waals surface area contributed by atoms with Crippen LogP contribution < -0.4 is 0 Å². The van der Waals surface area contributed by atoms with Crippen LogP contribution in [0.2, 0.25) is 0 Å². The number of rotatable bonds is 5. The van der Waals surface area contributed by atoms with Crippen molar-refractivity contribution in [3.8, 4) is 0 Å². The van der Waals surface area contributed by atoms with Gasteiger partial charge in [-0.05, 0) is 18.7 Å². The molecule has 0 radical (unpaired) electrons. The van der Waals surface area contributed by atoms with Gasteiger partial charge in [-0.1, -0.05) is 34.1 Å². The van der Waals surface area contributed by atoms with Crippen molar-refractivity contribution in [3.63, 3.8) is 0 Å². The predicted molar refractivity (Wildman–Crippen MR) is 78.3 cm³/mol. The van der Waals surface area contributed by atoms with Crippen molar-refractivity contribution < 1.29 is 9.90 Å². The summed E-state index contributed by atoms with van der Waals surface area (Å²) >= 11 is 3.50. The third-order valence-electron chi connectivity index (χ3n) is 2.84. The summed E-state index contributed by atoms with van der Waals surface area (Å²) in [5.41, 5.74) is 1.80. The molecule has 2 rings (SSSR count). The van der Waals surface area contributed by atoms with Crippen molar-refractivity contribution in [3.05, 3.63) is 58.1 Å². The van der Waals surface area contributed by atoms with Crippen molar-refractivity contribution in [1.82, 2.24) is 14.9 Å². The minimum atomic E-state index is -1.00. The zero-order valence-corrected chi connectivity index (χ0v) is 12.5. The lowest BCUT2D eigenvalue weighted by Crippen LogP contribution is -2.20. The lowest BCUT2D eigenvalue weighted by Gasteiger charge is -2.17. The Morgan fingerprint density at radius 2 is 2.10 bits per heavy atom. The van der Waals surface area contributed by atoms with Gasteiger partial charge in [-0.3, -0.25) is 4.90 Å². The number of hydrogen-bond donors (Lipinski definition) is 1. The fraction of sp³-hybridized carbons (Fsp3) is 0.214. The average Bonchev–Trinajstić information content (AvgIpc) is 2.41. The summed E-state index contributed by atoms with van der Waals surface area (Å²) in [6.45, 7) is 1.15. The molecule has 0 aliphatic carbocycles. The Bertz CT molecular complexity index is 619. The molecule has 20 heavy (non-hydrogen) atoms. The van der Waals surface area contributed by atoms with Gasteiger partial charge in [0.2, 0.25) is 0 Å². The molecule has 0 aliphatic heterocycles. The highest BCUT2D eigenvalue weighted by Crippen LogP contribution is 2.18. The highest BCUT2D eigenvalue weighted by Gasteiger charge is 2.13. The monoisotopic (exact) mass is 335 g/mol. The van der Waals surface area contributed by atoms with E-state index in [0.29, 0.717) is 18.8 Å². The zero-order chi connectivity index (χ0) is 14.5. The number of nitrogens with zero attached hydrogens (tertiary/aromatic N) is 3. The van der Waals surface area contributed by atoms with Crippen LogP contribution in [0.3, 0.4) is 0 Å². The van der Waals surface area contributed by atoms with Crippen LogP contribution in [0.4, 0.5) is 0 Å². The normalized spacial score (nSPS) is 10.8. The number of carboxylic acids is 1. The van der Waals surface area contributed by atoms with Crippen LogP contribution in [0.1, 0.15) is 21.6 Å². The first-order chi connectivity index (χ1) is 9.58. The Morgan fingerprint density at radius 3 is 2.80 bits per heavy atom. The van der Waals surface area contributed by atoms with Gasteiger partial charge in [0, 0.05) is 23.8 Å². The molecule has 0 saturated carbocycles. The molecule has 0 spiro atoms. The van der Waals surface area contributed by atoms with Crippen LogP contribution in [0, 0.1) is 0 Å². The van der Waals surface area contributed by atoms with E-state index < -0.39 is 5.97 Å². The molecule has 0 amide bonds. The van der Waals surface area contributed by atoms with Crippen molar-refractivity contribution in [1.29, 1.82) is 0 Å². The van der Waals surface area contributed by atoms with E-state index in [1.807, 2.05) is 36.2 Å². The first-order valence-corrected chi connectivity index (χ1v) is 6.81. The molecule has 1 N–H and O–H groups in total. The van der Waals surface area contributed by atoms with E-state index in [1.165, 1.54) is 12.5 Å². The summed E-state index contributed by atoms with van der Waals surface area (Å²) in [6, 6.07) is 7.94. The molecule has 0 aliphatic rings. The largest absolute Gasteiger partial charge is 0.478 e. The molecule has 104 valence electrons. The molecule has 0 atom stereocenters. The molecule has 6 heteroatoms. The van der Waals surface area contributed by atoms with E-state index in [0.717, 1.165) is 10.0 Å². The Kier molecular flexibility index (Phi) is 4.81. The summed E-state index contributed by atoms with van der Waals surface area (Å²) < 4.78 is 1.04. The second-order valence-electron chi connectivity index (χ2n) is 4.45. The Labute approximate surface area is 125 Å². The molecule has 5 nitrogen and oxygen atoms in total. The number of halogens is 1. The highest BCUT2D eigenvalue weighted by atomic mass is 79.9. The fourth-order valence-corrected chi connectivity index (χ4v) is 2.30. The maximum atomic E-state index is 11.1. The average molecular weight is 336 g/mol. The van der Waals surface area contributed by atoms with Crippen LogP contribution in [0.25, 0.3) is 0 Å². The Hall–Kier alpha value is -1.79. The Morgan fingerprint density at radius 1 is 1.35 bits per heavy atom. The SMILES string of the molecule is CN(Cc1ccccc1Br)Cc1ncncc1C(=O)O. The molecule has 2 aromatic rings. The van der Waals surface area contributed by atoms with Gasteiger partial charge < -0.3 is 5.11 Å². The number of aromatic nitrogens is 2. The molecular formula is C14H14BrN3O2. The predicted octanol–water partition coefficient (Wildman–Crippen LogP) is 2.57. The zero-order valence-electron chi connectivity index (χ0n) is 11.0. The molecule has 0 saturated heterocycles. The van der Waals surface area contributed by atoms with E-state index in [4.69, 9.17) is 5.11 Å². The van der Waals surface area contributed by atoms with Crippen LogP contribution >= 0.6 is 15.9 Å². The quantitative estimate of drug-likeness (QED) is 0.909. The summed E-state index contributed by atoms with van der Waals surface area (Å²) in [6.07, 6.45) is 2.70. The van der Waals surface area contributed by atoms with Gasteiger partial charge in [-0.2, -0.15) is 0 Å². The van der Waals surface area contributed by atoms with E-state index in [2.05, 4.69) is 25.9 Å². The van der Waals surface area contributed by atoms with Gasteiger partial charge in [-0.25, -0.2) is 14.8 Å². The van der Waals surface area contributed by atoms with Crippen molar-refractivity contribution >= 4 is 21.9 Å². The molecular weight excluding hydrogens is 322 g/mol. The third-order valence-corrected chi connectivity index (χ3v) is 3.62. The lowest BCUT2D eigenvalue weighted by molar-refractivity contribution is 0.0693. The van der Waals surface area contributed by atoms with Gasteiger partial charge in [0.15, 0.2) is 0 Å². The first kappa shape index (κ1) is 14.6. The second-order valence-corrected chi connectivity index (χ2v) is 5.31. The van der Waals surface area contributed by atoms with Crippen molar-refractivity contribution in [2.75, 3.05) is 7.05 Å². The van der Waals surface area contributed by atoms with E-state index in [9.17, 15) is 4.79 Å². The van der Waals surface area contributed by atoms with Crippen LogP contribution in [-0.2, 0) is 13.1 Å². The molecule has 1 heterocycles. The summed E-state index contributed by atoms with van der Waals surface area (Å²) in [7, 11) is 1.92. The van der Waals surface area contributed by atoms with Crippen molar-refractivity contribution in [2.24, 2.45) is 0 Å². The van der Waals surface area contributed by atoms with Crippen LogP contribution in [0.15, 0.2) is 41.3 Å². The summed E-state index contributed by atoms with van der Waals surface area (Å²) in [5, 5.41) is 9.11. The summed E-state index contributed by atoms with van der Waals surface area (Å²) in [4.78, 5) is 20.9. The van der Waals surface area contributed by atoms with Gasteiger partial charge in [0.05, 0.1) is 5.69 Å². The van der Waals surface area contributed by atoms with Crippen LogP contribution in [-0.4, -0.2) is 33.0 Å². The maximum absolute atomic E-state index is 11.1. The van der Waals surface area contributed by atoms with Gasteiger partial charge in [0.25, 0.3) is 0 Å². The molecule has 1 aromatic carbocycles. The maximum Gasteiger partial charge on any atom is 0.339 e. The smallest absolute Gasteiger partial charge is 0.339 e. The number of carboxylic acid groups (broad SMARTS) is 1. The van der Waals surface area contributed by atoms with Gasteiger partial charge >= 0.3 is 5.97 Å². The first-order valence-electron chi connectivity index (χ1n) is 6.02. The number of aromatic carboxylic acids is 1. The number of benzene rings is 1. The fourth-order valence-electron chi connectivity index (χ4n) is 1.89. The number of hydrogen-bond acceptors (Lipinski definition) is 4. The minimum Gasteiger partial charge on any atom is -0.478 e. The Balaban J connectivity index is 2.11. The standard InChI is InChI=1S/C14H14BrN3O2/c1-18(7-10-4-2-3-5-12(10)15)8-13-11(14(19)20)6-16-9-17-13/h2-6,9H,7-8H2,1H3,(H,19,20). The molecule has 0 unspecified atom stereocenters. The molecule has 0 bridgehead atoms. The lowest BCUT2D eigenvalue weighted by atomic mass is 10.2. The van der Waals surface area contributed by atoms with Gasteiger partial charge in [-0.15, -0.1) is 0 Å². The minimum absolute atomic E-state index is 0.145. The topological polar surface area (TPSA) is 66.3 Å². The van der Waals surface area contributed by atoms with Crippen molar-refractivity contribution in [2.45, 2.75) is 13.1 Å². The van der Waals surface area contributed by atoms with Crippen LogP contribution in [0.5, 0.6) is 0 Å². The second kappa shape index (κ2) is 6.58. The number of carbonyl (C=O) groups is 1. The molecule has 0 fully saturated rings. The van der Waals surface area contributed by atoms with E-state index in [-0.39, 0.29) is 5.56 Å². The summed E-state index contributed by atoms with van der Waals surface area (Å²) in [5.74, 6) is -1.00. The van der Waals surface area contributed by atoms with E-state index in [1.54, 1.807) is 0 Å². The molecule has 1 aromatic heterocycles. The third kappa shape index (κ3) is 3.61.